The first-order valence-corrected chi connectivity index (χ1v) is 12.1. The molecular formula is C25H22ClN5O4S. The number of carboxylic acid groups (broad SMARTS) is 1. The number of thioether (sulfide) groups is 1. The number of aromatic nitrogens is 4. The molecule has 0 unspecified atom stereocenters. The van der Waals surface area contributed by atoms with Crippen LogP contribution in [0.3, 0.4) is 0 Å². The number of halogens is 1. The van der Waals surface area contributed by atoms with Crippen LogP contribution in [0.25, 0.3) is 23.2 Å². The molecule has 4 aromatic rings. The van der Waals surface area contributed by atoms with Crippen LogP contribution in [-0.4, -0.2) is 35.3 Å². The van der Waals surface area contributed by atoms with Gasteiger partial charge in [0.25, 0.3) is 5.69 Å². The van der Waals surface area contributed by atoms with Crippen LogP contribution in [0.4, 0.5) is 5.69 Å². The van der Waals surface area contributed by atoms with Gasteiger partial charge in [-0.3, -0.25) is 10.1 Å². The van der Waals surface area contributed by atoms with E-state index in [2.05, 4.69) is 10.2 Å². The monoisotopic (exact) mass is 523 g/mol. The predicted molar refractivity (Wildman–Crippen MR) is 140 cm³/mol. The first-order chi connectivity index (χ1) is 17.2. The Morgan fingerprint density at radius 1 is 1.14 bits per heavy atom. The third kappa shape index (κ3) is 5.05. The fourth-order valence-corrected chi connectivity index (χ4v) is 4.89. The van der Waals surface area contributed by atoms with Crippen molar-refractivity contribution in [1.29, 1.82) is 0 Å². The number of nitro benzene ring substituents is 1. The summed E-state index contributed by atoms with van der Waals surface area (Å²) in [5.41, 5.74) is 3.97. The largest absolute Gasteiger partial charge is 0.477 e. The molecule has 2 aromatic heterocycles. The normalized spacial score (nSPS) is 11.6. The number of benzene rings is 2. The van der Waals surface area contributed by atoms with Crippen LogP contribution in [0.2, 0.25) is 5.02 Å². The lowest BCUT2D eigenvalue weighted by molar-refractivity contribution is -0.384. The highest BCUT2D eigenvalue weighted by molar-refractivity contribution is 8.04. The van der Waals surface area contributed by atoms with Crippen molar-refractivity contribution in [2.75, 3.05) is 0 Å². The molecule has 184 valence electrons. The van der Waals surface area contributed by atoms with Crippen molar-refractivity contribution in [1.82, 2.24) is 19.3 Å². The standard InChI is InChI=1S/C25H22ClN5O4S/c1-4-29-23(17-5-7-19(26)8-6-17)27-28-25(29)36-22(24(32)33)14-18-13-15(2)30(16(18)3)20-9-11-21(12-10-20)31(34)35/h5-14H,4H2,1-3H3,(H,32,33)/b22-14-. The predicted octanol–water partition coefficient (Wildman–Crippen LogP) is 6.15. The molecule has 36 heavy (non-hydrogen) atoms. The average Bonchev–Trinajstić information content (AvgIpc) is 3.38. The van der Waals surface area contributed by atoms with E-state index in [1.807, 2.05) is 48.1 Å². The van der Waals surface area contributed by atoms with Gasteiger partial charge in [-0.2, -0.15) is 0 Å². The van der Waals surface area contributed by atoms with Crippen LogP contribution in [0, 0.1) is 24.0 Å². The van der Waals surface area contributed by atoms with E-state index in [1.54, 1.807) is 30.3 Å². The Hall–Kier alpha value is -3.89. The van der Waals surface area contributed by atoms with Crippen LogP contribution in [-0.2, 0) is 11.3 Å². The van der Waals surface area contributed by atoms with E-state index in [1.165, 1.54) is 12.1 Å². The number of rotatable bonds is 8. The third-order valence-electron chi connectivity index (χ3n) is 5.62. The highest BCUT2D eigenvalue weighted by atomic mass is 35.5. The molecule has 0 fully saturated rings. The molecule has 0 amide bonds. The Balaban J connectivity index is 1.69. The molecule has 4 rings (SSSR count). The number of hydrogen-bond donors (Lipinski definition) is 1. The molecule has 9 nitrogen and oxygen atoms in total. The number of nitro groups is 1. The number of carboxylic acids is 1. The van der Waals surface area contributed by atoms with Crippen molar-refractivity contribution in [2.45, 2.75) is 32.5 Å². The highest BCUT2D eigenvalue weighted by Gasteiger charge is 2.20. The van der Waals surface area contributed by atoms with Gasteiger partial charge in [0, 0.05) is 46.3 Å². The van der Waals surface area contributed by atoms with Gasteiger partial charge in [0.05, 0.1) is 4.92 Å². The van der Waals surface area contributed by atoms with Gasteiger partial charge in [-0.05, 0) is 86.6 Å². The van der Waals surface area contributed by atoms with Gasteiger partial charge in [-0.15, -0.1) is 10.2 Å². The summed E-state index contributed by atoms with van der Waals surface area (Å²) in [6.07, 6.45) is 1.61. The van der Waals surface area contributed by atoms with Gasteiger partial charge in [0.1, 0.15) is 4.91 Å². The SMILES string of the molecule is CCn1c(S/C(=C\c2cc(C)n(-c3ccc([N+](=O)[O-])cc3)c2C)C(=O)O)nnc1-c1ccc(Cl)cc1. The van der Waals surface area contributed by atoms with E-state index in [4.69, 9.17) is 11.6 Å². The Labute approximate surface area is 216 Å². The molecule has 0 aliphatic heterocycles. The maximum absolute atomic E-state index is 12.2. The van der Waals surface area contributed by atoms with E-state index in [-0.39, 0.29) is 10.6 Å². The molecule has 11 heteroatoms. The van der Waals surface area contributed by atoms with E-state index >= 15 is 0 Å². The van der Waals surface area contributed by atoms with E-state index in [0.29, 0.717) is 22.5 Å². The molecular weight excluding hydrogens is 502 g/mol. The molecule has 2 aromatic carbocycles. The second-order valence-corrected chi connectivity index (χ2v) is 9.35. The third-order valence-corrected chi connectivity index (χ3v) is 6.87. The fourth-order valence-electron chi connectivity index (χ4n) is 3.89. The van der Waals surface area contributed by atoms with Crippen molar-refractivity contribution >= 4 is 41.1 Å². The molecule has 0 aliphatic rings. The Kier molecular flexibility index (Phi) is 7.27. The summed E-state index contributed by atoms with van der Waals surface area (Å²) >= 11 is 7.02. The summed E-state index contributed by atoms with van der Waals surface area (Å²) in [4.78, 5) is 22.8. The lowest BCUT2D eigenvalue weighted by Gasteiger charge is -2.10. The quantitative estimate of drug-likeness (QED) is 0.127. The van der Waals surface area contributed by atoms with Crippen molar-refractivity contribution in [3.05, 3.63) is 91.6 Å². The lowest BCUT2D eigenvalue weighted by Crippen LogP contribution is -2.03. The highest BCUT2D eigenvalue weighted by Crippen LogP contribution is 2.32. The van der Waals surface area contributed by atoms with Crippen LogP contribution in [0.15, 0.2) is 64.7 Å². The molecule has 0 radical (unpaired) electrons. The summed E-state index contributed by atoms with van der Waals surface area (Å²) in [6, 6.07) is 15.3. The summed E-state index contributed by atoms with van der Waals surface area (Å²) < 4.78 is 3.78. The number of non-ortho nitro benzene ring substituents is 1. The van der Waals surface area contributed by atoms with Crippen LogP contribution >= 0.6 is 23.4 Å². The van der Waals surface area contributed by atoms with E-state index < -0.39 is 10.9 Å². The average molecular weight is 524 g/mol. The zero-order chi connectivity index (χ0) is 26.0. The first-order valence-electron chi connectivity index (χ1n) is 10.9. The molecule has 0 atom stereocenters. The van der Waals surface area contributed by atoms with E-state index in [9.17, 15) is 20.0 Å². The van der Waals surface area contributed by atoms with Crippen LogP contribution < -0.4 is 0 Å². The molecule has 0 aliphatic carbocycles. The van der Waals surface area contributed by atoms with Crippen molar-refractivity contribution in [3.63, 3.8) is 0 Å². The molecule has 0 bridgehead atoms. The zero-order valence-electron chi connectivity index (χ0n) is 19.7. The second kappa shape index (κ2) is 10.4. The van der Waals surface area contributed by atoms with Crippen LogP contribution in [0.1, 0.15) is 23.9 Å². The number of aliphatic carboxylic acids is 1. The van der Waals surface area contributed by atoms with E-state index in [0.717, 1.165) is 40.0 Å². The molecule has 0 saturated heterocycles. The number of hydrogen-bond acceptors (Lipinski definition) is 6. The molecule has 2 heterocycles. The zero-order valence-corrected chi connectivity index (χ0v) is 21.2. The van der Waals surface area contributed by atoms with Gasteiger partial charge >= 0.3 is 5.97 Å². The Morgan fingerprint density at radius 3 is 2.39 bits per heavy atom. The van der Waals surface area contributed by atoms with Crippen molar-refractivity contribution in [3.8, 4) is 17.1 Å². The molecule has 0 saturated carbocycles. The number of nitrogens with zero attached hydrogens (tertiary/aromatic N) is 5. The Bertz CT molecular complexity index is 1470. The van der Waals surface area contributed by atoms with Crippen LogP contribution in [0.5, 0.6) is 0 Å². The van der Waals surface area contributed by atoms with Crippen molar-refractivity contribution in [2.24, 2.45) is 0 Å². The summed E-state index contributed by atoms with van der Waals surface area (Å²) in [6.45, 7) is 6.26. The van der Waals surface area contributed by atoms with Gasteiger partial charge < -0.3 is 14.2 Å². The van der Waals surface area contributed by atoms with Gasteiger partial charge in [0.2, 0.25) is 0 Å². The van der Waals surface area contributed by atoms with Gasteiger partial charge in [-0.1, -0.05) is 11.6 Å². The minimum atomic E-state index is -1.08. The number of carbonyl (C=O) groups is 1. The number of aryl methyl sites for hydroxylation is 1. The molecule has 1 N–H and O–H groups in total. The van der Waals surface area contributed by atoms with Crippen molar-refractivity contribution < 1.29 is 14.8 Å². The smallest absolute Gasteiger partial charge is 0.342 e. The summed E-state index contributed by atoms with van der Waals surface area (Å²) in [7, 11) is 0. The lowest BCUT2D eigenvalue weighted by atomic mass is 10.2. The maximum atomic E-state index is 12.2. The first kappa shape index (κ1) is 25.2. The minimum absolute atomic E-state index is 0.00361. The fraction of sp³-hybridized carbons (Fsp3) is 0.160. The molecule has 0 spiro atoms. The summed E-state index contributed by atoms with van der Waals surface area (Å²) in [5, 5.41) is 30.5. The topological polar surface area (TPSA) is 116 Å². The second-order valence-electron chi connectivity index (χ2n) is 7.91. The Morgan fingerprint density at radius 2 is 1.81 bits per heavy atom. The minimum Gasteiger partial charge on any atom is -0.477 e. The summed E-state index contributed by atoms with van der Waals surface area (Å²) in [5.74, 6) is -0.461. The van der Waals surface area contributed by atoms with Gasteiger partial charge in [0.15, 0.2) is 11.0 Å². The maximum Gasteiger partial charge on any atom is 0.342 e. The van der Waals surface area contributed by atoms with Gasteiger partial charge in [-0.25, -0.2) is 4.79 Å².